The molecule has 0 heterocycles. The third-order valence-electron chi connectivity index (χ3n) is 2.72. The van der Waals surface area contributed by atoms with Crippen molar-refractivity contribution in [3.63, 3.8) is 0 Å². The third kappa shape index (κ3) is 5.35. The maximum absolute atomic E-state index is 5.47. The van der Waals surface area contributed by atoms with Crippen molar-refractivity contribution in [2.75, 3.05) is 20.2 Å². The van der Waals surface area contributed by atoms with Gasteiger partial charge in [-0.1, -0.05) is 6.92 Å². The molecule has 2 unspecified atom stereocenters. The standard InChI is InChI=1S/C12H25N3O/c1-9(2)16-7-5-6-14-12(13-4)15-11-8-10(11)3/h9-11H,5-8H2,1-4H3,(H2,13,14,15). The molecule has 0 amide bonds. The second-order valence-corrected chi connectivity index (χ2v) is 4.74. The molecule has 0 spiro atoms. The second-order valence-electron chi connectivity index (χ2n) is 4.74. The highest BCUT2D eigenvalue weighted by Crippen LogP contribution is 2.28. The topological polar surface area (TPSA) is 45.7 Å². The van der Waals surface area contributed by atoms with E-state index in [9.17, 15) is 0 Å². The molecule has 2 N–H and O–H groups in total. The number of aliphatic imine (C=N–C) groups is 1. The summed E-state index contributed by atoms with van der Waals surface area (Å²) in [6.45, 7) is 8.08. The van der Waals surface area contributed by atoms with Crippen molar-refractivity contribution >= 4 is 5.96 Å². The van der Waals surface area contributed by atoms with E-state index in [1.165, 1.54) is 6.42 Å². The van der Waals surface area contributed by atoms with Gasteiger partial charge in [0.25, 0.3) is 0 Å². The fourth-order valence-electron chi connectivity index (χ4n) is 1.49. The molecular formula is C12H25N3O. The van der Waals surface area contributed by atoms with E-state index >= 15 is 0 Å². The largest absolute Gasteiger partial charge is 0.379 e. The van der Waals surface area contributed by atoms with Crippen LogP contribution in [0.4, 0.5) is 0 Å². The molecule has 0 bridgehead atoms. The minimum absolute atomic E-state index is 0.324. The van der Waals surface area contributed by atoms with Crippen molar-refractivity contribution in [1.82, 2.24) is 10.6 Å². The minimum Gasteiger partial charge on any atom is -0.379 e. The van der Waals surface area contributed by atoms with Crippen molar-refractivity contribution in [3.8, 4) is 0 Å². The zero-order valence-electron chi connectivity index (χ0n) is 10.9. The van der Waals surface area contributed by atoms with E-state index in [2.05, 4.69) is 36.4 Å². The van der Waals surface area contributed by atoms with E-state index in [0.717, 1.165) is 31.4 Å². The lowest BCUT2D eigenvalue weighted by Gasteiger charge is -2.12. The van der Waals surface area contributed by atoms with Gasteiger partial charge < -0.3 is 15.4 Å². The zero-order chi connectivity index (χ0) is 12.0. The molecule has 1 aliphatic carbocycles. The molecule has 0 aromatic heterocycles. The molecule has 0 aromatic carbocycles. The van der Waals surface area contributed by atoms with Crippen molar-refractivity contribution in [1.29, 1.82) is 0 Å². The predicted molar refractivity (Wildman–Crippen MR) is 67.8 cm³/mol. The van der Waals surface area contributed by atoms with Crippen LogP contribution in [0.1, 0.15) is 33.6 Å². The van der Waals surface area contributed by atoms with E-state index in [4.69, 9.17) is 4.74 Å². The Morgan fingerprint density at radius 3 is 2.69 bits per heavy atom. The molecule has 4 nitrogen and oxygen atoms in total. The zero-order valence-corrected chi connectivity index (χ0v) is 10.9. The SMILES string of the molecule is CN=C(NCCCOC(C)C)NC1CC1C. The Kier molecular flexibility index (Phi) is 5.60. The summed E-state index contributed by atoms with van der Waals surface area (Å²) in [6.07, 6.45) is 2.60. The normalized spacial score (nSPS) is 24.7. The van der Waals surface area contributed by atoms with Crippen molar-refractivity contribution in [3.05, 3.63) is 0 Å². The highest BCUT2D eigenvalue weighted by atomic mass is 16.5. The Balaban J connectivity index is 2.01. The van der Waals surface area contributed by atoms with Gasteiger partial charge in [0, 0.05) is 26.2 Å². The molecule has 94 valence electrons. The summed E-state index contributed by atoms with van der Waals surface area (Å²) in [4.78, 5) is 4.19. The van der Waals surface area contributed by atoms with Gasteiger partial charge in [-0.25, -0.2) is 0 Å². The molecule has 4 heteroatoms. The van der Waals surface area contributed by atoms with Gasteiger partial charge in [-0.3, -0.25) is 4.99 Å². The number of rotatable bonds is 6. The summed E-state index contributed by atoms with van der Waals surface area (Å²) in [7, 11) is 1.81. The molecule has 1 saturated carbocycles. The maximum atomic E-state index is 5.47. The van der Waals surface area contributed by atoms with Crippen LogP contribution in [0.15, 0.2) is 4.99 Å². The van der Waals surface area contributed by atoms with Crippen LogP contribution in [0.3, 0.4) is 0 Å². The molecule has 1 rings (SSSR count). The molecule has 0 aromatic rings. The van der Waals surface area contributed by atoms with Gasteiger partial charge in [0.1, 0.15) is 0 Å². The Morgan fingerprint density at radius 1 is 1.50 bits per heavy atom. The van der Waals surface area contributed by atoms with Crippen LogP contribution < -0.4 is 10.6 Å². The lowest BCUT2D eigenvalue weighted by molar-refractivity contribution is 0.0776. The first kappa shape index (κ1) is 13.3. The van der Waals surface area contributed by atoms with Crippen molar-refractivity contribution < 1.29 is 4.74 Å². The Bertz CT molecular complexity index is 228. The van der Waals surface area contributed by atoms with E-state index in [1.54, 1.807) is 0 Å². The first-order valence-corrected chi connectivity index (χ1v) is 6.22. The summed E-state index contributed by atoms with van der Waals surface area (Å²) in [5.41, 5.74) is 0. The number of hydrogen-bond acceptors (Lipinski definition) is 2. The van der Waals surface area contributed by atoms with Crippen LogP contribution in [0, 0.1) is 5.92 Å². The van der Waals surface area contributed by atoms with Gasteiger partial charge in [0.15, 0.2) is 5.96 Å². The van der Waals surface area contributed by atoms with Crippen LogP contribution in [0.5, 0.6) is 0 Å². The lowest BCUT2D eigenvalue weighted by Crippen LogP contribution is -2.39. The second kappa shape index (κ2) is 6.74. The molecule has 0 radical (unpaired) electrons. The number of ether oxygens (including phenoxy) is 1. The fourth-order valence-corrected chi connectivity index (χ4v) is 1.49. The van der Waals surface area contributed by atoms with Crippen LogP contribution >= 0.6 is 0 Å². The number of nitrogens with zero attached hydrogens (tertiary/aromatic N) is 1. The summed E-state index contributed by atoms with van der Waals surface area (Å²) in [5, 5.41) is 6.68. The number of guanidine groups is 1. The highest BCUT2D eigenvalue weighted by Gasteiger charge is 2.32. The smallest absolute Gasteiger partial charge is 0.191 e. The predicted octanol–water partition coefficient (Wildman–Crippen LogP) is 1.37. The van der Waals surface area contributed by atoms with E-state index in [1.807, 2.05) is 7.05 Å². The van der Waals surface area contributed by atoms with E-state index < -0.39 is 0 Å². The van der Waals surface area contributed by atoms with Gasteiger partial charge >= 0.3 is 0 Å². The Labute approximate surface area is 98.9 Å². The highest BCUT2D eigenvalue weighted by molar-refractivity contribution is 5.80. The molecule has 2 atom stereocenters. The van der Waals surface area contributed by atoms with Crippen molar-refractivity contribution in [2.24, 2.45) is 10.9 Å². The molecule has 16 heavy (non-hydrogen) atoms. The first-order chi connectivity index (χ1) is 7.63. The molecule has 1 fully saturated rings. The molecule has 0 saturated heterocycles. The molecule has 0 aliphatic heterocycles. The van der Waals surface area contributed by atoms with Gasteiger partial charge in [-0.15, -0.1) is 0 Å². The van der Waals surface area contributed by atoms with Gasteiger partial charge in [-0.2, -0.15) is 0 Å². The number of hydrogen-bond donors (Lipinski definition) is 2. The van der Waals surface area contributed by atoms with Gasteiger partial charge in [0.05, 0.1) is 6.10 Å². The average molecular weight is 227 g/mol. The summed E-state index contributed by atoms with van der Waals surface area (Å²) < 4.78 is 5.47. The first-order valence-electron chi connectivity index (χ1n) is 6.22. The number of nitrogens with one attached hydrogen (secondary N) is 2. The van der Waals surface area contributed by atoms with E-state index in [0.29, 0.717) is 12.1 Å². The van der Waals surface area contributed by atoms with Crippen LogP contribution in [-0.2, 0) is 4.74 Å². The van der Waals surface area contributed by atoms with E-state index in [-0.39, 0.29) is 0 Å². The molecule has 1 aliphatic rings. The average Bonchev–Trinajstić information content (AvgIpc) is 2.91. The quantitative estimate of drug-likeness (QED) is 0.409. The van der Waals surface area contributed by atoms with Crippen LogP contribution in [0.25, 0.3) is 0 Å². The third-order valence-corrected chi connectivity index (χ3v) is 2.72. The fraction of sp³-hybridized carbons (Fsp3) is 0.917. The molecular weight excluding hydrogens is 202 g/mol. The van der Waals surface area contributed by atoms with Crippen molar-refractivity contribution in [2.45, 2.75) is 45.8 Å². The van der Waals surface area contributed by atoms with Gasteiger partial charge in [-0.05, 0) is 32.6 Å². The maximum Gasteiger partial charge on any atom is 0.191 e. The Hall–Kier alpha value is -0.770. The summed E-state index contributed by atoms with van der Waals surface area (Å²) in [6, 6.07) is 0.623. The summed E-state index contributed by atoms with van der Waals surface area (Å²) in [5.74, 6) is 1.71. The monoisotopic (exact) mass is 227 g/mol. The lowest BCUT2D eigenvalue weighted by atomic mass is 10.4. The van der Waals surface area contributed by atoms with Gasteiger partial charge in [0.2, 0.25) is 0 Å². The van der Waals surface area contributed by atoms with Crippen LogP contribution in [-0.4, -0.2) is 38.3 Å². The van der Waals surface area contributed by atoms with Crippen LogP contribution in [0.2, 0.25) is 0 Å². The summed E-state index contributed by atoms with van der Waals surface area (Å²) >= 11 is 0. The minimum atomic E-state index is 0.324. The Morgan fingerprint density at radius 2 is 2.19 bits per heavy atom.